The number of aliphatic hydroxyl groups is 1. The number of Topliss-reactive ketones (excluding diaryl/α,β-unsaturated/α-hetero) is 1. The molecular formula is C29H29NO4. The minimum atomic E-state index is -0.757. The van der Waals surface area contributed by atoms with Crippen LogP contribution in [0, 0.1) is 6.92 Å². The molecule has 4 rings (SSSR count). The van der Waals surface area contributed by atoms with Crippen molar-refractivity contribution in [3.63, 3.8) is 0 Å². The van der Waals surface area contributed by atoms with Crippen molar-refractivity contribution in [2.75, 3.05) is 12.0 Å². The van der Waals surface area contributed by atoms with Crippen LogP contribution in [0.1, 0.15) is 49.1 Å². The molecule has 0 saturated carbocycles. The number of carbonyl (C=O) groups excluding carboxylic acids is 2. The van der Waals surface area contributed by atoms with Gasteiger partial charge < -0.3 is 9.84 Å². The van der Waals surface area contributed by atoms with Crippen LogP contribution < -0.4 is 9.64 Å². The number of benzene rings is 3. The summed E-state index contributed by atoms with van der Waals surface area (Å²) in [5.74, 6) is -0.897. The molecule has 34 heavy (non-hydrogen) atoms. The predicted molar refractivity (Wildman–Crippen MR) is 134 cm³/mol. The van der Waals surface area contributed by atoms with Gasteiger partial charge in [0.25, 0.3) is 11.7 Å². The Morgan fingerprint density at radius 2 is 1.59 bits per heavy atom. The van der Waals surface area contributed by atoms with Gasteiger partial charge >= 0.3 is 0 Å². The number of ketones is 1. The van der Waals surface area contributed by atoms with E-state index in [1.165, 1.54) is 4.90 Å². The molecule has 0 spiro atoms. The first-order chi connectivity index (χ1) is 16.1. The number of aryl methyl sites for hydroxylation is 1. The van der Waals surface area contributed by atoms with Crippen molar-refractivity contribution in [3.05, 3.63) is 101 Å². The number of rotatable bonds is 4. The second-order valence-electron chi connectivity index (χ2n) is 9.56. The lowest BCUT2D eigenvalue weighted by Crippen LogP contribution is -2.29. The van der Waals surface area contributed by atoms with Gasteiger partial charge in [-0.15, -0.1) is 0 Å². The van der Waals surface area contributed by atoms with Crippen molar-refractivity contribution < 1.29 is 19.4 Å². The van der Waals surface area contributed by atoms with Crippen molar-refractivity contribution in [2.45, 2.75) is 39.2 Å². The average molecular weight is 456 g/mol. The van der Waals surface area contributed by atoms with Gasteiger partial charge in [-0.3, -0.25) is 14.5 Å². The highest BCUT2D eigenvalue weighted by Crippen LogP contribution is 2.43. The molecule has 1 saturated heterocycles. The van der Waals surface area contributed by atoms with Gasteiger partial charge in [0.1, 0.15) is 11.5 Å². The maximum absolute atomic E-state index is 13.4. The summed E-state index contributed by atoms with van der Waals surface area (Å²) in [5.41, 5.74) is 3.65. The second kappa shape index (κ2) is 8.82. The Morgan fingerprint density at radius 1 is 0.941 bits per heavy atom. The molecule has 1 aliphatic heterocycles. The summed E-state index contributed by atoms with van der Waals surface area (Å²) in [4.78, 5) is 28.1. The van der Waals surface area contributed by atoms with Crippen LogP contribution in [0.5, 0.6) is 5.75 Å². The molecule has 1 unspecified atom stereocenters. The quantitative estimate of drug-likeness (QED) is 0.301. The van der Waals surface area contributed by atoms with Crippen LogP contribution in [0.25, 0.3) is 5.76 Å². The van der Waals surface area contributed by atoms with Gasteiger partial charge in [0.05, 0.1) is 18.7 Å². The van der Waals surface area contributed by atoms with Crippen molar-refractivity contribution in [3.8, 4) is 5.75 Å². The van der Waals surface area contributed by atoms with Gasteiger partial charge in [0.15, 0.2) is 0 Å². The van der Waals surface area contributed by atoms with Crippen LogP contribution in [0.2, 0.25) is 0 Å². The Hall–Kier alpha value is -3.86. The van der Waals surface area contributed by atoms with E-state index in [0.717, 1.165) is 16.7 Å². The molecule has 5 nitrogen and oxygen atoms in total. The van der Waals surface area contributed by atoms with E-state index in [0.29, 0.717) is 17.0 Å². The van der Waals surface area contributed by atoms with Gasteiger partial charge in [-0.05, 0) is 59.4 Å². The summed E-state index contributed by atoms with van der Waals surface area (Å²) in [6.45, 7) is 8.16. The van der Waals surface area contributed by atoms with Crippen molar-refractivity contribution in [1.29, 1.82) is 0 Å². The van der Waals surface area contributed by atoms with E-state index in [-0.39, 0.29) is 16.7 Å². The lowest BCUT2D eigenvalue weighted by Gasteiger charge is -2.26. The highest BCUT2D eigenvalue weighted by atomic mass is 16.5. The summed E-state index contributed by atoms with van der Waals surface area (Å²) < 4.78 is 5.24. The first-order valence-electron chi connectivity index (χ1n) is 11.2. The van der Waals surface area contributed by atoms with E-state index in [1.807, 2.05) is 55.5 Å². The molecule has 0 aromatic heterocycles. The Kier molecular flexibility index (Phi) is 6.05. The van der Waals surface area contributed by atoms with Crippen LogP contribution in [0.4, 0.5) is 5.69 Å². The van der Waals surface area contributed by atoms with Crippen LogP contribution in [-0.2, 0) is 15.0 Å². The van der Waals surface area contributed by atoms with Crippen LogP contribution in [0.3, 0.4) is 0 Å². The maximum Gasteiger partial charge on any atom is 0.300 e. The zero-order valence-electron chi connectivity index (χ0n) is 20.1. The van der Waals surface area contributed by atoms with E-state index < -0.39 is 17.7 Å². The Morgan fingerprint density at radius 3 is 2.18 bits per heavy atom. The van der Waals surface area contributed by atoms with Gasteiger partial charge in [-0.25, -0.2) is 0 Å². The van der Waals surface area contributed by atoms with Gasteiger partial charge in [-0.1, -0.05) is 63.2 Å². The standard InChI is InChI=1S/C29H29NO4/c1-18-11-12-20(29(2,3)4)17-23(18)26(31)24-25(19-9-7-6-8-10-19)30(28(33)27(24)32)21-13-15-22(34-5)16-14-21/h6-17,25,31H,1-5H3/b26-24+. The van der Waals surface area contributed by atoms with Gasteiger partial charge in [0.2, 0.25) is 0 Å². The average Bonchev–Trinajstić information content (AvgIpc) is 3.09. The number of ether oxygens (including phenoxy) is 1. The molecule has 0 bridgehead atoms. The highest BCUT2D eigenvalue weighted by Gasteiger charge is 2.47. The molecule has 3 aromatic carbocycles. The number of carbonyl (C=O) groups is 2. The molecule has 1 aliphatic rings. The fourth-order valence-electron chi connectivity index (χ4n) is 4.28. The second-order valence-corrected chi connectivity index (χ2v) is 9.56. The molecule has 3 aromatic rings. The zero-order chi connectivity index (χ0) is 24.6. The first kappa shape index (κ1) is 23.3. The molecule has 0 aliphatic carbocycles. The largest absolute Gasteiger partial charge is 0.507 e. The minimum absolute atomic E-state index is 0.0844. The normalized spacial score (nSPS) is 17.8. The van der Waals surface area contributed by atoms with Gasteiger partial charge in [0, 0.05) is 11.3 Å². The highest BCUT2D eigenvalue weighted by molar-refractivity contribution is 6.51. The summed E-state index contributed by atoms with van der Waals surface area (Å²) >= 11 is 0. The van der Waals surface area contributed by atoms with Crippen LogP contribution >= 0.6 is 0 Å². The summed E-state index contributed by atoms with van der Waals surface area (Å²) in [7, 11) is 1.57. The predicted octanol–water partition coefficient (Wildman–Crippen LogP) is 5.93. The minimum Gasteiger partial charge on any atom is -0.507 e. The zero-order valence-corrected chi connectivity index (χ0v) is 20.1. The third-order valence-corrected chi connectivity index (χ3v) is 6.27. The molecule has 1 heterocycles. The molecule has 5 heteroatoms. The lowest BCUT2D eigenvalue weighted by molar-refractivity contribution is -0.132. The third kappa shape index (κ3) is 4.10. The molecule has 1 fully saturated rings. The number of hydrogen-bond acceptors (Lipinski definition) is 4. The van der Waals surface area contributed by atoms with E-state index in [2.05, 4.69) is 20.8 Å². The fourth-order valence-corrected chi connectivity index (χ4v) is 4.28. The topological polar surface area (TPSA) is 66.8 Å². The van der Waals surface area contributed by atoms with Crippen molar-refractivity contribution in [2.24, 2.45) is 0 Å². The number of hydrogen-bond donors (Lipinski definition) is 1. The first-order valence-corrected chi connectivity index (χ1v) is 11.2. The van der Waals surface area contributed by atoms with E-state index in [1.54, 1.807) is 31.4 Å². The van der Waals surface area contributed by atoms with E-state index in [4.69, 9.17) is 4.74 Å². The molecule has 1 amide bonds. The van der Waals surface area contributed by atoms with Crippen molar-refractivity contribution >= 4 is 23.1 Å². The van der Waals surface area contributed by atoms with Gasteiger partial charge in [-0.2, -0.15) is 0 Å². The van der Waals surface area contributed by atoms with Crippen LogP contribution in [0.15, 0.2) is 78.4 Å². The summed E-state index contributed by atoms with van der Waals surface area (Å²) in [5, 5.41) is 11.5. The fraction of sp³-hybridized carbons (Fsp3) is 0.241. The molecule has 1 N–H and O–H groups in total. The Labute approximate surface area is 200 Å². The molecule has 1 atom stereocenters. The summed E-state index contributed by atoms with van der Waals surface area (Å²) in [6, 6.07) is 21.4. The molecule has 174 valence electrons. The Balaban J connectivity index is 1.94. The van der Waals surface area contributed by atoms with Crippen LogP contribution in [-0.4, -0.2) is 23.9 Å². The molecular weight excluding hydrogens is 426 g/mol. The maximum atomic E-state index is 13.4. The number of nitrogens with zero attached hydrogens (tertiary/aromatic N) is 1. The lowest BCUT2D eigenvalue weighted by atomic mass is 9.84. The number of aliphatic hydroxyl groups excluding tert-OH is 1. The summed E-state index contributed by atoms with van der Waals surface area (Å²) in [6.07, 6.45) is 0. The number of amides is 1. The smallest absolute Gasteiger partial charge is 0.300 e. The Bertz CT molecular complexity index is 1270. The number of anilines is 1. The molecule has 0 radical (unpaired) electrons. The SMILES string of the molecule is COc1ccc(N2C(=O)C(=O)/C(=C(/O)c3cc(C(C)(C)C)ccc3C)C2c2ccccc2)cc1. The third-order valence-electron chi connectivity index (χ3n) is 6.27. The number of methoxy groups -OCH3 is 1. The van der Waals surface area contributed by atoms with E-state index >= 15 is 0 Å². The van der Waals surface area contributed by atoms with Crippen molar-refractivity contribution in [1.82, 2.24) is 0 Å². The van der Waals surface area contributed by atoms with E-state index in [9.17, 15) is 14.7 Å². The monoisotopic (exact) mass is 455 g/mol.